The molecule has 176 valence electrons. The number of nitrogens with one attached hydrogen (secondary N) is 1. The van der Waals surface area contributed by atoms with Crippen LogP contribution in [0.25, 0.3) is 0 Å². The number of ether oxygens (including phenoxy) is 2. The van der Waals surface area contributed by atoms with Gasteiger partial charge in [-0.3, -0.25) is 9.59 Å². The fourth-order valence-corrected chi connectivity index (χ4v) is 3.94. The molecule has 8 heteroatoms. The fourth-order valence-electron chi connectivity index (χ4n) is 3.73. The van der Waals surface area contributed by atoms with Crippen molar-refractivity contribution in [2.75, 3.05) is 26.2 Å². The van der Waals surface area contributed by atoms with Gasteiger partial charge in [0, 0.05) is 36.6 Å². The Morgan fingerprint density at radius 3 is 2.48 bits per heavy atom. The van der Waals surface area contributed by atoms with Gasteiger partial charge in [-0.2, -0.15) is 0 Å². The maximum absolute atomic E-state index is 12.8. The summed E-state index contributed by atoms with van der Waals surface area (Å²) in [6, 6.07) is 14.0. The van der Waals surface area contributed by atoms with Gasteiger partial charge in [-0.15, -0.1) is 0 Å². The molecule has 1 aliphatic heterocycles. The average Bonchev–Trinajstić information content (AvgIpc) is 2.82. The van der Waals surface area contributed by atoms with Crippen LogP contribution in [-0.2, 0) is 16.0 Å². The number of benzene rings is 2. The maximum Gasteiger partial charge on any atom is 0.513 e. The molecule has 3 rings (SSSR count). The van der Waals surface area contributed by atoms with Gasteiger partial charge in [0.05, 0.1) is 6.61 Å². The molecular formula is C25H29ClN2O5. The van der Waals surface area contributed by atoms with E-state index in [2.05, 4.69) is 5.32 Å². The Labute approximate surface area is 199 Å². The van der Waals surface area contributed by atoms with Crippen molar-refractivity contribution < 1.29 is 23.9 Å². The van der Waals surface area contributed by atoms with Crippen LogP contribution < -0.4 is 10.1 Å². The summed E-state index contributed by atoms with van der Waals surface area (Å²) in [5, 5.41) is 3.69. The number of carbonyl (C=O) groups excluding carboxylic acids is 3. The van der Waals surface area contributed by atoms with E-state index in [4.69, 9.17) is 21.1 Å². The van der Waals surface area contributed by atoms with E-state index in [1.165, 1.54) is 0 Å². The first kappa shape index (κ1) is 24.6. The monoisotopic (exact) mass is 472 g/mol. The first-order chi connectivity index (χ1) is 15.9. The van der Waals surface area contributed by atoms with Crippen LogP contribution in [0.5, 0.6) is 5.75 Å². The number of nitrogens with zero attached hydrogens (tertiary/aromatic N) is 1. The van der Waals surface area contributed by atoms with E-state index in [1.807, 2.05) is 29.2 Å². The van der Waals surface area contributed by atoms with E-state index in [0.717, 1.165) is 18.4 Å². The summed E-state index contributed by atoms with van der Waals surface area (Å²) in [4.78, 5) is 38.1. The number of carbonyl (C=O) groups is 3. The highest BCUT2D eigenvalue weighted by Crippen LogP contribution is 2.20. The Kier molecular flexibility index (Phi) is 9.13. The molecule has 0 unspecified atom stereocenters. The molecule has 0 spiro atoms. The van der Waals surface area contributed by atoms with Crippen molar-refractivity contribution in [2.45, 2.75) is 32.6 Å². The van der Waals surface area contributed by atoms with E-state index in [-0.39, 0.29) is 18.4 Å². The molecule has 1 saturated heterocycles. The molecule has 0 radical (unpaired) electrons. The third kappa shape index (κ3) is 7.79. The molecule has 1 aliphatic rings. The van der Waals surface area contributed by atoms with Crippen LogP contribution in [0, 0.1) is 5.92 Å². The van der Waals surface area contributed by atoms with E-state index in [1.54, 1.807) is 31.2 Å². The Hall–Kier alpha value is -3.06. The lowest BCUT2D eigenvalue weighted by Gasteiger charge is -2.32. The molecule has 0 aliphatic carbocycles. The number of hydrogen-bond donors (Lipinski definition) is 1. The Balaban J connectivity index is 1.38. The largest absolute Gasteiger partial charge is 0.513 e. The molecule has 1 N–H and O–H groups in total. The number of hydrogen-bond acceptors (Lipinski definition) is 5. The minimum absolute atomic E-state index is 0.0265. The topological polar surface area (TPSA) is 84.9 Å². The first-order valence-corrected chi connectivity index (χ1v) is 11.6. The zero-order valence-electron chi connectivity index (χ0n) is 18.7. The molecule has 2 amide bonds. The summed E-state index contributed by atoms with van der Waals surface area (Å²) in [5.74, 6) is 0.652. The van der Waals surface area contributed by atoms with Crippen molar-refractivity contribution in [1.82, 2.24) is 10.2 Å². The summed E-state index contributed by atoms with van der Waals surface area (Å²) < 4.78 is 9.75. The van der Waals surface area contributed by atoms with E-state index in [0.29, 0.717) is 54.7 Å². The van der Waals surface area contributed by atoms with Crippen molar-refractivity contribution >= 4 is 29.6 Å². The summed E-state index contributed by atoms with van der Waals surface area (Å²) in [5.41, 5.74) is 1.59. The molecule has 0 saturated carbocycles. The minimum atomic E-state index is -0.768. The lowest BCUT2D eigenvalue weighted by molar-refractivity contribution is -0.121. The predicted octanol–water partition coefficient (Wildman–Crippen LogP) is 4.48. The second kappa shape index (κ2) is 12.3. The van der Waals surface area contributed by atoms with Crippen LogP contribution in [0.15, 0.2) is 48.5 Å². The number of amides is 2. The highest BCUT2D eigenvalue weighted by Gasteiger charge is 2.24. The van der Waals surface area contributed by atoms with Gasteiger partial charge < -0.3 is 19.7 Å². The Morgan fingerprint density at radius 1 is 1.09 bits per heavy atom. The van der Waals surface area contributed by atoms with E-state index >= 15 is 0 Å². The smallest absolute Gasteiger partial charge is 0.434 e. The zero-order valence-corrected chi connectivity index (χ0v) is 19.5. The number of aryl methyl sites for hydroxylation is 1. The van der Waals surface area contributed by atoms with Gasteiger partial charge in [-0.25, -0.2) is 4.79 Å². The van der Waals surface area contributed by atoms with Gasteiger partial charge in [0.25, 0.3) is 5.91 Å². The highest BCUT2D eigenvalue weighted by molar-refractivity contribution is 6.30. The summed E-state index contributed by atoms with van der Waals surface area (Å²) in [7, 11) is 0. The molecule has 2 aromatic rings. The molecule has 0 aromatic heterocycles. The van der Waals surface area contributed by atoms with Crippen molar-refractivity contribution in [2.24, 2.45) is 5.92 Å². The first-order valence-electron chi connectivity index (χ1n) is 11.2. The molecule has 2 aromatic carbocycles. The SMILES string of the molecule is CCOC(=O)Oc1ccc(C(=O)N2CCC(CNC(=O)CCc3cccc(Cl)c3)CC2)cc1. The van der Waals surface area contributed by atoms with Crippen LogP contribution in [-0.4, -0.2) is 49.1 Å². The van der Waals surface area contributed by atoms with Crippen LogP contribution in [0.2, 0.25) is 5.02 Å². The molecule has 0 atom stereocenters. The maximum atomic E-state index is 12.8. The Bertz CT molecular complexity index is 956. The van der Waals surface area contributed by atoms with Gasteiger partial charge in [0.15, 0.2) is 0 Å². The molecule has 0 bridgehead atoms. The molecule has 33 heavy (non-hydrogen) atoms. The van der Waals surface area contributed by atoms with E-state index in [9.17, 15) is 14.4 Å². The summed E-state index contributed by atoms with van der Waals surface area (Å²) in [6.45, 7) is 3.84. The van der Waals surface area contributed by atoms with Crippen molar-refractivity contribution in [3.8, 4) is 5.75 Å². The van der Waals surface area contributed by atoms with Crippen LogP contribution in [0.3, 0.4) is 0 Å². The second-order valence-corrected chi connectivity index (χ2v) is 8.42. The van der Waals surface area contributed by atoms with Crippen LogP contribution in [0.1, 0.15) is 42.1 Å². The third-order valence-electron chi connectivity index (χ3n) is 5.58. The highest BCUT2D eigenvalue weighted by atomic mass is 35.5. The normalized spacial score (nSPS) is 13.9. The molecule has 1 fully saturated rings. The van der Waals surface area contributed by atoms with Crippen molar-refractivity contribution in [1.29, 1.82) is 0 Å². The Morgan fingerprint density at radius 2 is 1.82 bits per heavy atom. The zero-order chi connectivity index (χ0) is 23.6. The van der Waals surface area contributed by atoms with Crippen molar-refractivity contribution in [3.05, 3.63) is 64.7 Å². The quantitative estimate of drug-likeness (QED) is 0.452. The van der Waals surface area contributed by atoms with Gasteiger partial charge in [-0.05, 0) is 74.1 Å². The third-order valence-corrected chi connectivity index (χ3v) is 5.82. The van der Waals surface area contributed by atoms with Gasteiger partial charge in [0.2, 0.25) is 5.91 Å². The van der Waals surface area contributed by atoms with Crippen LogP contribution in [0.4, 0.5) is 4.79 Å². The summed E-state index contributed by atoms with van der Waals surface area (Å²) >= 11 is 5.98. The lowest BCUT2D eigenvalue weighted by Crippen LogP contribution is -2.41. The molecule has 1 heterocycles. The standard InChI is InChI=1S/C25H29ClN2O5/c1-2-32-25(31)33-22-9-7-20(8-10-22)24(30)28-14-12-19(13-15-28)17-27-23(29)11-6-18-4-3-5-21(26)16-18/h3-5,7-10,16,19H,2,6,11-15,17H2,1H3,(H,27,29). The number of halogens is 1. The predicted molar refractivity (Wildman–Crippen MR) is 126 cm³/mol. The summed E-state index contributed by atoms with van der Waals surface area (Å²) in [6.07, 6.45) is 1.99. The number of piperidine rings is 1. The van der Waals surface area contributed by atoms with Gasteiger partial charge >= 0.3 is 6.16 Å². The second-order valence-electron chi connectivity index (χ2n) is 7.98. The van der Waals surface area contributed by atoms with Crippen LogP contribution >= 0.6 is 11.6 Å². The number of rotatable bonds is 8. The fraction of sp³-hybridized carbons (Fsp3) is 0.400. The molecular weight excluding hydrogens is 444 g/mol. The van der Waals surface area contributed by atoms with Crippen molar-refractivity contribution in [3.63, 3.8) is 0 Å². The average molecular weight is 473 g/mol. The lowest BCUT2D eigenvalue weighted by atomic mass is 9.96. The minimum Gasteiger partial charge on any atom is -0.434 e. The van der Waals surface area contributed by atoms with Gasteiger partial charge in [-0.1, -0.05) is 23.7 Å². The molecule has 7 nitrogen and oxygen atoms in total. The number of likely N-dealkylation sites (tertiary alicyclic amines) is 1. The van der Waals surface area contributed by atoms with Gasteiger partial charge in [0.1, 0.15) is 5.75 Å². The van der Waals surface area contributed by atoms with E-state index < -0.39 is 6.16 Å².